The second-order valence-corrected chi connectivity index (χ2v) is 3.74. The van der Waals surface area contributed by atoms with Crippen LogP contribution in [0.5, 0.6) is 0 Å². The highest BCUT2D eigenvalue weighted by molar-refractivity contribution is 7.80. The average Bonchev–Trinajstić information content (AvgIpc) is 2.34. The van der Waals surface area contributed by atoms with Gasteiger partial charge < -0.3 is 20.8 Å². The van der Waals surface area contributed by atoms with Crippen molar-refractivity contribution in [2.75, 3.05) is 13.2 Å². The van der Waals surface area contributed by atoms with Crippen LogP contribution in [-0.2, 0) is 6.54 Å². The number of carbonyl (C=O) groups is 1. The van der Waals surface area contributed by atoms with Gasteiger partial charge in [-0.3, -0.25) is 0 Å². The van der Waals surface area contributed by atoms with E-state index in [2.05, 4.69) is 10.6 Å². The predicted molar refractivity (Wildman–Crippen MR) is 67.9 cm³/mol. The van der Waals surface area contributed by atoms with Gasteiger partial charge in [0.15, 0.2) is 5.11 Å². The van der Waals surface area contributed by atoms with Crippen LogP contribution in [0.2, 0.25) is 0 Å². The van der Waals surface area contributed by atoms with Gasteiger partial charge in [0.05, 0.1) is 12.2 Å². The molecular weight excluding hydrogens is 240 g/mol. The Balaban J connectivity index is 2.42. The van der Waals surface area contributed by atoms with Crippen molar-refractivity contribution in [2.24, 2.45) is 0 Å². The van der Waals surface area contributed by atoms with Gasteiger partial charge in [0.1, 0.15) is 0 Å². The molecule has 0 amide bonds. The molecule has 0 atom stereocenters. The summed E-state index contributed by atoms with van der Waals surface area (Å²) in [5, 5.41) is 23.5. The van der Waals surface area contributed by atoms with E-state index in [0.29, 0.717) is 18.2 Å². The topological polar surface area (TPSA) is 81.6 Å². The fourth-order valence-electron chi connectivity index (χ4n) is 1.18. The van der Waals surface area contributed by atoms with Gasteiger partial charge in [-0.05, 0) is 29.9 Å². The van der Waals surface area contributed by atoms with Crippen LogP contribution < -0.4 is 10.6 Å². The summed E-state index contributed by atoms with van der Waals surface area (Å²) >= 11 is 4.96. The molecule has 1 aromatic rings. The zero-order chi connectivity index (χ0) is 12.7. The normalized spacial score (nSPS) is 9.71. The third-order valence-electron chi connectivity index (χ3n) is 2.05. The molecule has 0 heterocycles. The summed E-state index contributed by atoms with van der Waals surface area (Å²) in [6.45, 7) is 0.941. The van der Waals surface area contributed by atoms with Crippen LogP contribution in [0.4, 0.5) is 0 Å². The number of benzene rings is 1. The maximum absolute atomic E-state index is 10.6. The van der Waals surface area contributed by atoms with Gasteiger partial charge in [0, 0.05) is 13.1 Å². The highest BCUT2D eigenvalue weighted by Gasteiger charge is 2.01. The Bertz CT molecular complexity index is 392. The zero-order valence-electron chi connectivity index (χ0n) is 9.14. The van der Waals surface area contributed by atoms with Crippen LogP contribution in [-0.4, -0.2) is 34.4 Å². The van der Waals surface area contributed by atoms with Crippen LogP contribution >= 0.6 is 12.2 Å². The molecule has 1 rings (SSSR count). The van der Waals surface area contributed by atoms with Crippen molar-refractivity contribution in [3.8, 4) is 0 Å². The molecule has 0 radical (unpaired) electrons. The van der Waals surface area contributed by atoms with Gasteiger partial charge in [-0.2, -0.15) is 0 Å². The standard InChI is InChI=1S/C11H14N2O3S/c14-6-5-12-11(17)13-7-8-1-3-9(4-2-8)10(15)16/h1-4,14H,5-7H2,(H,15,16)(H2,12,13,17). The van der Waals surface area contributed by atoms with Gasteiger partial charge in [0.25, 0.3) is 0 Å². The van der Waals surface area contributed by atoms with Crippen LogP contribution in [0.25, 0.3) is 0 Å². The van der Waals surface area contributed by atoms with Crippen molar-refractivity contribution < 1.29 is 15.0 Å². The van der Waals surface area contributed by atoms with Crippen molar-refractivity contribution in [3.63, 3.8) is 0 Å². The maximum atomic E-state index is 10.6. The van der Waals surface area contributed by atoms with Crippen LogP contribution in [0, 0.1) is 0 Å². The molecule has 0 aromatic heterocycles. The number of carboxylic acids is 1. The fraction of sp³-hybridized carbons (Fsp3) is 0.273. The number of nitrogens with one attached hydrogen (secondary N) is 2. The number of hydrogen-bond donors (Lipinski definition) is 4. The Hall–Kier alpha value is -1.66. The molecule has 0 aliphatic heterocycles. The van der Waals surface area contributed by atoms with Crippen LogP contribution in [0.3, 0.4) is 0 Å². The summed E-state index contributed by atoms with van der Waals surface area (Å²) < 4.78 is 0. The third-order valence-corrected chi connectivity index (χ3v) is 2.34. The SMILES string of the molecule is O=C(O)c1ccc(CNC(=S)NCCO)cc1. The Labute approximate surface area is 104 Å². The summed E-state index contributed by atoms with van der Waals surface area (Å²) in [7, 11) is 0. The van der Waals surface area contributed by atoms with Gasteiger partial charge in [-0.25, -0.2) is 4.79 Å². The Morgan fingerprint density at radius 2 is 1.88 bits per heavy atom. The Morgan fingerprint density at radius 1 is 1.24 bits per heavy atom. The smallest absolute Gasteiger partial charge is 0.335 e. The molecule has 0 bridgehead atoms. The first-order valence-corrected chi connectivity index (χ1v) is 5.49. The number of aromatic carboxylic acids is 1. The number of thiocarbonyl (C=S) groups is 1. The van der Waals surface area contributed by atoms with E-state index in [9.17, 15) is 4.79 Å². The Morgan fingerprint density at radius 3 is 2.41 bits per heavy atom. The predicted octanol–water partition coefficient (Wildman–Crippen LogP) is 0.341. The van der Waals surface area contributed by atoms with Crippen molar-refractivity contribution in [3.05, 3.63) is 35.4 Å². The summed E-state index contributed by atoms with van der Waals surface area (Å²) in [5.74, 6) is -0.940. The first kappa shape index (κ1) is 13.4. The van der Waals surface area contributed by atoms with Crippen LogP contribution in [0.1, 0.15) is 15.9 Å². The average molecular weight is 254 g/mol. The van der Waals surface area contributed by atoms with Gasteiger partial charge in [0.2, 0.25) is 0 Å². The lowest BCUT2D eigenvalue weighted by Gasteiger charge is -2.09. The quantitative estimate of drug-likeness (QED) is 0.567. The molecule has 0 unspecified atom stereocenters. The van der Waals surface area contributed by atoms with E-state index >= 15 is 0 Å². The largest absolute Gasteiger partial charge is 0.478 e. The number of hydrogen-bond acceptors (Lipinski definition) is 3. The molecule has 6 heteroatoms. The minimum absolute atomic E-state index is 0.0229. The number of rotatable bonds is 5. The first-order chi connectivity index (χ1) is 8.13. The molecule has 0 saturated carbocycles. The van der Waals surface area contributed by atoms with E-state index < -0.39 is 5.97 Å². The Kier molecular flexibility index (Phi) is 5.38. The summed E-state index contributed by atoms with van der Waals surface area (Å²) in [6, 6.07) is 6.54. The fourth-order valence-corrected chi connectivity index (χ4v) is 1.35. The number of aliphatic hydroxyl groups excluding tert-OH is 1. The first-order valence-electron chi connectivity index (χ1n) is 5.08. The monoisotopic (exact) mass is 254 g/mol. The lowest BCUT2D eigenvalue weighted by Crippen LogP contribution is -2.36. The molecule has 0 spiro atoms. The molecule has 1 aromatic carbocycles. The highest BCUT2D eigenvalue weighted by atomic mass is 32.1. The lowest BCUT2D eigenvalue weighted by atomic mass is 10.1. The van der Waals surface area contributed by atoms with E-state index in [0.717, 1.165) is 5.56 Å². The second-order valence-electron chi connectivity index (χ2n) is 3.34. The molecule has 0 aliphatic rings. The highest BCUT2D eigenvalue weighted by Crippen LogP contribution is 2.03. The molecule has 92 valence electrons. The molecule has 17 heavy (non-hydrogen) atoms. The lowest BCUT2D eigenvalue weighted by molar-refractivity contribution is 0.0697. The van der Waals surface area contributed by atoms with Crippen molar-refractivity contribution in [2.45, 2.75) is 6.54 Å². The van der Waals surface area contributed by atoms with Gasteiger partial charge >= 0.3 is 5.97 Å². The zero-order valence-corrected chi connectivity index (χ0v) is 9.96. The molecule has 0 aliphatic carbocycles. The van der Waals surface area contributed by atoms with E-state index in [1.807, 2.05) is 0 Å². The molecular formula is C11H14N2O3S. The number of carboxylic acid groups (broad SMARTS) is 1. The molecule has 0 fully saturated rings. The molecule has 0 saturated heterocycles. The van der Waals surface area contributed by atoms with Crippen molar-refractivity contribution in [1.82, 2.24) is 10.6 Å². The summed E-state index contributed by atoms with van der Waals surface area (Å²) in [5.41, 5.74) is 1.19. The van der Waals surface area contributed by atoms with Crippen molar-refractivity contribution >= 4 is 23.3 Å². The third kappa shape index (κ3) is 4.80. The van der Waals surface area contributed by atoms with Gasteiger partial charge in [-0.1, -0.05) is 12.1 Å². The molecule has 5 nitrogen and oxygen atoms in total. The maximum Gasteiger partial charge on any atom is 0.335 e. The minimum atomic E-state index is -0.940. The van der Waals surface area contributed by atoms with E-state index in [-0.39, 0.29) is 12.2 Å². The van der Waals surface area contributed by atoms with Gasteiger partial charge in [-0.15, -0.1) is 0 Å². The molecule has 4 N–H and O–H groups in total. The van der Waals surface area contributed by atoms with Crippen LogP contribution in [0.15, 0.2) is 24.3 Å². The summed E-state index contributed by atoms with van der Waals surface area (Å²) in [4.78, 5) is 10.6. The van der Waals surface area contributed by atoms with E-state index in [1.165, 1.54) is 0 Å². The number of aliphatic hydroxyl groups is 1. The summed E-state index contributed by atoms with van der Waals surface area (Å²) in [6.07, 6.45) is 0. The minimum Gasteiger partial charge on any atom is -0.478 e. The van der Waals surface area contributed by atoms with E-state index in [4.69, 9.17) is 22.4 Å². The van der Waals surface area contributed by atoms with Crippen molar-refractivity contribution in [1.29, 1.82) is 0 Å². The van der Waals surface area contributed by atoms with E-state index in [1.54, 1.807) is 24.3 Å². The second kappa shape index (κ2) is 6.82.